The Labute approximate surface area is 125 Å². The summed E-state index contributed by atoms with van der Waals surface area (Å²) in [6.07, 6.45) is 6.34. The molecule has 0 saturated heterocycles. The molecule has 1 aliphatic rings. The third-order valence-corrected chi connectivity index (χ3v) is 4.86. The number of hydrogen-bond donors (Lipinski definition) is 0. The third kappa shape index (κ3) is 2.13. The van der Waals surface area contributed by atoms with Crippen LogP contribution >= 0.6 is 0 Å². The first kappa shape index (κ1) is 12.6. The number of aromatic nitrogens is 1. The molecule has 0 radical (unpaired) electrons. The van der Waals surface area contributed by atoms with E-state index in [2.05, 4.69) is 60.4 Å². The van der Waals surface area contributed by atoms with Gasteiger partial charge in [0.25, 0.3) is 0 Å². The van der Waals surface area contributed by atoms with E-state index in [1.165, 1.54) is 40.3 Å². The van der Waals surface area contributed by atoms with Crippen molar-refractivity contribution in [2.45, 2.75) is 31.6 Å². The standard InChI is InChI=1S/C20H19N/c1-14-6-9-19(20-5-3-2-4-18(14)20)16-7-8-17-13-21-11-10-15(17)12-16/h2-5,7-8,10-14,19H,6,9H2,1H3/t14-,19-/m1/s1. The number of rotatable bonds is 1. The monoisotopic (exact) mass is 273 g/mol. The quantitative estimate of drug-likeness (QED) is 0.589. The van der Waals surface area contributed by atoms with Crippen LogP contribution in [-0.2, 0) is 0 Å². The van der Waals surface area contributed by atoms with Gasteiger partial charge >= 0.3 is 0 Å². The number of hydrogen-bond acceptors (Lipinski definition) is 1. The lowest BCUT2D eigenvalue weighted by Crippen LogP contribution is -2.13. The normalized spacial score (nSPS) is 21.2. The summed E-state index contributed by atoms with van der Waals surface area (Å²) in [5.74, 6) is 1.22. The van der Waals surface area contributed by atoms with Crippen molar-refractivity contribution >= 4 is 10.8 Å². The molecule has 0 spiro atoms. The van der Waals surface area contributed by atoms with Gasteiger partial charge in [-0.25, -0.2) is 0 Å². The van der Waals surface area contributed by atoms with Crippen molar-refractivity contribution in [2.75, 3.05) is 0 Å². The molecule has 1 aliphatic carbocycles. The maximum Gasteiger partial charge on any atom is 0.0346 e. The predicted molar refractivity (Wildman–Crippen MR) is 87.7 cm³/mol. The number of pyridine rings is 1. The highest BCUT2D eigenvalue weighted by Crippen LogP contribution is 2.42. The van der Waals surface area contributed by atoms with Crippen LogP contribution in [0.2, 0.25) is 0 Å². The molecule has 21 heavy (non-hydrogen) atoms. The van der Waals surface area contributed by atoms with Gasteiger partial charge < -0.3 is 0 Å². The third-order valence-electron chi connectivity index (χ3n) is 4.86. The van der Waals surface area contributed by atoms with Gasteiger partial charge in [-0.05, 0) is 46.9 Å². The number of nitrogens with zero attached hydrogens (tertiary/aromatic N) is 1. The fourth-order valence-electron chi connectivity index (χ4n) is 3.67. The molecule has 0 fully saturated rings. The van der Waals surface area contributed by atoms with E-state index >= 15 is 0 Å². The summed E-state index contributed by atoms with van der Waals surface area (Å²) in [6.45, 7) is 2.35. The van der Waals surface area contributed by atoms with Crippen LogP contribution in [0.4, 0.5) is 0 Å². The van der Waals surface area contributed by atoms with Crippen LogP contribution in [0.25, 0.3) is 10.8 Å². The van der Waals surface area contributed by atoms with Crippen LogP contribution in [0.5, 0.6) is 0 Å². The summed E-state index contributed by atoms with van der Waals surface area (Å²) >= 11 is 0. The Bertz CT molecular complexity index is 790. The lowest BCUT2D eigenvalue weighted by Gasteiger charge is -2.30. The molecule has 0 unspecified atom stereocenters. The Kier molecular flexibility index (Phi) is 2.99. The van der Waals surface area contributed by atoms with E-state index in [0.717, 1.165) is 0 Å². The van der Waals surface area contributed by atoms with Gasteiger partial charge in [-0.2, -0.15) is 0 Å². The van der Waals surface area contributed by atoms with Crippen molar-refractivity contribution < 1.29 is 0 Å². The van der Waals surface area contributed by atoms with Crippen molar-refractivity contribution in [3.63, 3.8) is 0 Å². The molecule has 1 aromatic heterocycles. The summed E-state index contributed by atoms with van der Waals surface area (Å²) < 4.78 is 0. The van der Waals surface area contributed by atoms with Gasteiger partial charge in [0.1, 0.15) is 0 Å². The average molecular weight is 273 g/mol. The zero-order valence-corrected chi connectivity index (χ0v) is 12.3. The second-order valence-electron chi connectivity index (χ2n) is 6.14. The van der Waals surface area contributed by atoms with Crippen LogP contribution < -0.4 is 0 Å². The number of benzene rings is 2. The summed E-state index contributed by atoms with van der Waals surface area (Å²) in [7, 11) is 0. The molecule has 104 valence electrons. The Morgan fingerprint density at radius 1 is 0.905 bits per heavy atom. The van der Waals surface area contributed by atoms with E-state index < -0.39 is 0 Å². The first-order valence-corrected chi connectivity index (χ1v) is 7.75. The van der Waals surface area contributed by atoms with Crippen LogP contribution in [0.3, 0.4) is 0 Å². The maximum absolute atomic E-state index is 4.20. The highest BCUT2D eigenvalue weighted by molar-refractivity contribution is 5.82. The Morgan fingerprint density at radius 3 is 2.67 bits per heavy atom. The molecule has 1 heterocycles. The number of fused-ring (bicyclic) bond motifs is 2. The van der Waals surface area contributed by atoms with E-state index in [9.17, 15) is 0 Å². The SMILES string of the molecule is C[C@@H]1CC[C@H](c2ccc3cnccc3c2)c2ccccc21. The van der Waals surface area contributed by atoms with Crippen molar-refractivity contribution in [3.8, 4) is 0 Å². The van der Waals surface area contributed by atoms with Gasteiger partial charge in [0.15, 0.2) is 0 Å². The minimum absolute atomic E-state index is 0.537. The van der Waals surface area contributed by atoms with Crippen molar-refractivity contribution in [2.24, 2.45) is 0 Å². The topological polar surface area (TPSA) is 12.9 Å². The lowest BCUT2D eigenvalue weighted by atomic mass is 9.74. The van der Waals surface area contributed by atoms with Gasteiger partial charge in [-0.15, -0.1) is 0 Å². The van der Waals surface area contributed by atoms with Gasteiger partial charge in [-0.3, -0.25) is 4.98 Å². The highest BCUT2D eigenvalue weighted by Gasteiger charge is 2.25. The fraction of sp³-hybridized carbons (Fsp3) is 0.250. The molecule has 1 nitrogen and oxygen atoms in total. The van der Waals surface area contributed by atoms with Gasteiger partial charge in [0, 0.05) is 23.7 Å². The van der Waals surface area contributed by atoms with Crippen molar-refractivity contribution in [1.29, 1.82) is 0 Å². The lowest BCUT2D eigenvalue weighted by molar-refractivity contribution is 0.545. The summed E-state index contributed by atoms with van der Waals surface area (Å²) in [6, 6.07) is 17.9. The van der Waals surface area contributed by atoms with E-state index in [0.29, 0.717) is 11.8 Å². The molecular weight excluding hydrogens is 254 g/mol. The minimum atomic E-state index is 0.537. The molecule has 4 rings (SSSR count). The maximum atomic E-state index is 4.20. The molecule has 0 saturated carbocycles. The van der Waals surface area contributed by atoms with Crippen LogP contribution in [-0.4, -0.2) is 4.98 Å². The van der Waals surface area contributed by atoms with Gasteiger partial charge in [-0.1, -0.05) is 49.4 Å². The Morgan fingerprint density at radius 2 is 1.76 bits per heavy atom. The largest absolute Gasteiger partial charge is 0.264 e. The van der Waals surface area contributed by atoms with Crippen molar-refractivity contribution in [1.82, 2.24) is 4.98 Å². The molecule has 2 atom stereocenters. The molecule has 0 aliphatic heterocycles. The average Bonchev–Trinajstić information content (AvgIpc) is 2.55. The second kappa shape index (κ2) is 5.00. The van der Waals surface area contributed by atoms with Gasteiger partial charge in [0.2, 0.25) is 0 Å². The molecule has 0 bridgehead atoms. The van der Waals surface area contributed by atoms with Crippen molar-refractivity contribution in [3.05, 3.63) is 77.6 Å². The highest BCUT2D eigenvalue weighted by atomic mass is 14.6. The molecule has 0 amide bonds. The van der Waals surface area contributed by atoms with E-state index in [1.54, 1.807) is 0 Å². The zero-order valence-electron chi connectivity index (χ0n) is 12.3. The second-order valence-corrected chi connectivity index (χ2v) is 6.14. The smallest absolute Gasteiger partial charge is 0.0346 e. The minimum Gasteiger partial charge on any atom is -0.264 e. The van der Waals surface area contributed by atoms with E-state index in [-0.39, 0.29) is 0 Å². The Hall–Kier alpha value is -2.15. The molecule has 2 aromatic carbocycles. The summed E-state index contributed by atoms with van der Waals surface area (Å²) in [4.78, 5) is 4.20. The predicted octanol–water partition coefficient (Wildman–Crippen LogP) is 5.26. The zero-order chi connectivity index (χ0) is 14.2. The first-order chi connectivity index (χ1) is 10.3. The molecule has 0 N–H and O–H groups in total. The van der Waals surface area contributed by atoms with E-state index in [1.807, 2.05) is 12.4 Å². The molecule has 1 heteroatoms. The fourth-order valence-corrected chi connectivity index (χ4v) is 3.67. The van der Waals surface area contributed by atoms with E-state index in [4.69, 9.17) is 0 Å². The van der Waals surface area contributed by atoms with Crippen LogP contribution in [0.1, 0.15) is 48.3 Å². The summed E-state index contributed by atoms with van der Waals surface area (Å²) in [5.41, 5.74) is 4.49. The molecular formula is C20H19N. The first-order valence-electron chi connectivity index (χ1n) is 7.75. The van der Waals surface area contributed by atoms with Gasteiger partial charge in [0.05, 0.1) is 0 Å². The van der Waals surface area contributed by atoms with Crippen LogP contribution in [0, 0.1) is 0 Å². The van der Waals surface area contributed by atoms with Crippen LogP contribution in [0.15, 0.2) is 60.9 Å². The summed E-state index contributed by atoms with van der Waals surface area (Å²) in [5, 5.41) is 2.51. The Balaban J connectivity index is 1.84. The molecule has 3 aromatic rings.